The number of ether oxygens (including phenoxy) is 3. The minimum absolute atomic E-state index is 0.114. The van der Waals surface area contributed by atoms with Crippen molar-refractivity contribution in [3.63, 3.8) is 0 Å². The van der Waals surface area contributed by atoms with Crippen molar-refractivity contribution < 1.29 is 23.4 Å². The Morgan fingerprint density at radius 1 is 0.971 bits per heavy atom. The molecule has 2 aliphatic heterocycles. The molecule has 1 fully saturated rings. The van der Waals surface area contributed by atoms with Gasteiger partial charge in [-0.3, -0.25) is 14.5 Å². The molecule has 3 aromatic rings. The van der Waals surface area contributed by atoms with Crippen LogP contribution in [0, 0.1) is 6.92 Å². The minimum atomic E-state index is -0.579. The van der Waals surface area contributed by atoms with Gasteiger partial charge < -0.3 is 23.5 Å². The zero-order valence-electron chi connectivity index (χ0n) is 19.6. The first kappa shape index (κ1) is 22.4. The highest BCUT2D eigenvalue weighted by molar-refractivity contribution is 5.99. The number of morpholine rings is 1. The van der Waals surface area contributed by atoms with Crippen molar-refractivity contribution in [3.05, 3.63) is 69.1 Å². The van der Waals surface area contributed by atoms with E-state index >= 15 is 0 Å². The van der Waals surface area contributed by atoms with Gasteiger partial charge in [0.05, 0.1) is 44.4 Å². The van der Waals surface area contributed by atoms with Gasteiger partial charge >= 0.3 is 0 Å². The van der Waals surface area contributed by atoms with Gasteiger partial charge in [0.25, 0.3) is 5.91 Å². The molecule has 8 heteroatoms. The number of hydrogen-bond acceptors (Lipinski definition) is 7. The number of nitrogens with zero attached hydrogens (tertiary/aromatic N) is 2. The average molecular weight is 465 g/mol. The highest BCUT2D eigenvalue weighted by Gasteiger charge is 2.43. The van der Waals surface area contributed by atoms with E-state index < -0.39 is 6.04 Å². The first-order valence-electron chi connectivity index (χ1n) is 11.4. The molecule has 0 bridgehead atoms. The minimum Gasteiger partial charge on any atom is -0.493 e. The van der Waals surface area contributed by atoms with Crippen molar-refractivity contribution in [1.82, 2.24) is 9.80 Å². The molecule has 3 heterocycles. The highest BCUT2D eigenvalue weighted by atomic mass is 16.5. The van der Waals surface area contributed by atoms with Crippen molar-refractivity contribution in [3.8, 4) is 11.5 Å². The maximum absolute atomic E-state index is 13.7. The number of carbonyl (C=O) groups is 1. The maximum atomic E-state index is 13.7. The Bertz CT molecular complexity index is 1290. The summed E-state index contributed by atoms with van der Waals surface area (Å²) in [7, 11) is 3.14. The van der Waals surface area contributed by atoms with Gasteiger partial charge in [-0.25, -0.2) is 0 Å². The molecule has 8 nitrogen and oxygen atoms in total. The van der Waals surface area contributed by atoms with Crippen molar-refractivity contribution in [1.29, 1.82) is 0 Å². The van der Waals surface area contributed by atoms with Crippen LogP contribution in [0.1, 0.15) is 33.3 Å². The number of carbonyl (C=O) groups excluding carboxylic acids is 1. The standard InChI is InChI=1S/C26H28N2O6/c1-16-4-6-19-18(14-16)24(29)22-23(17-5-7-20(31-2)21(15-17)32-3)28(26(30)25(22)34-19)9-8-27-10-12-33-13-11-27/h4-7,14-15,23H,8-13H2,1-3H3/t23-/m0/s1. The van der Waals surface area contributed by atoms with Crippen LogP contribution >= 0.6 is 0 Å². The quantitative estimate of drug-likeness (QED) is 0.555. The van der Waals surface area contributed by atoms with Gasteiger partial charge in [-0.05, 0) is 36.8 Å². The smallest absolute Gasteiger partial charge is 0.290 e. The van der Waals surface area contributed by atoms with Crippen LogP contribution in [0.4, 0.5) is 0 Å². The van der Waals surface area contributed by atoms with Crippen LogP contribution in [0.15, 0.2) is 45.6 Å². The summed E-state index contributed by atoms with van der Waals surface area (Å²) in [5.74, 6) is 0.956. The van der Waals surface area contributed by atoms with Crippen molar-refractivity contribution in [2.75, 3.05) is 53.6 Å². The molecule has 0 radical (unpaired) electrons. The Hall–Kier alpha value is -3.36. The average Bonchev–Trinajstić information content (AvgIpc) is 3.15. The molecular weight excluding hydrogens is 436 g/mol. The van der Waals surface area contributed by atoms with E-state index in [0.29, 0.717) is 54.3 Å². The normalized spacial score (nSPS) is 18.4. The van der Waals surface area contributed by atoms with E-state index in [2.05, 4.69) is 4.90 Å². The van der Waals surface area contributed by atoms with E-state index in [1.165, 1.54) is 0 Å². The van der Waals surface area contributed by atoms with Crippen LogP contribution in [0.3, 0.4) is 0 Å². The molecular formula is C26H28N2O6. The number of methoxy groups -OCH3 is 2. The Labute approximate surface area is 197 Å². The number of aryl methyl sites for hydroxylation is 1. The molecule has 5 rings (SSSR count). The van der Waals surface area contributed by atoms with Gasteiger partial charge in [0.2, 0.25) is 5.76 Å². The van der Waals surface area contributed by atoms with Crippen LogP contribution in [-0.2, 0) is 4.74 Å². The summed E-state index contributed by atoms with van der Waals surface area (Å²) in [6, 6.07) is 10.4. The summed E-state index contributed by atoms with van der Waals surface area (Å²) in [5, 5.41) is 0.479. The third-order valence-corrected chi connectivity index (χ3v) is 6.61. The number of hydrogen-bond donors (Lipinski definition) is 0. The maximum Gasteiger partial charge on any atom is 0.290 e. The van der Waals surface area contributed by atoms with E-state index in [1.807, 2.05) is 31.2 Å². The molecule has 2 aromatic carbocycles. The summed E-state index contributed by atoms with van der Waals surface area (Å²) in [6.07, 6.45) is 0. The summed E-state index contributed by atoms with van der Waals surface area (Å²) < 4.78 is 22.4. The molecule has 1 amide bonds. The van der Waals surface area contributed by atoms with Crippen molar-refractivity contribution in [2.45, 2.75) is 13.0 Å². The van der Waals surface area contributed by atoms with Gasteiger partial charge in [-0.2, -0.15) is 0 Å². The van der Waals surface area contributed by atoms with Gasteiger partial charge in [0.1, 0.15) is 5.58 Å². The SMILES string of the molecule is COc1ccc([C@H]2c3c(oc4ccc(C)cc4c3=O)C(=O)N2CCN2CCOCC2)cc1OC. The fourth-order valence-electron chi connectivity index (χ4n) is 4.81. The molecule has 0 spiro atoms. The first-order valence-corrected chi connectivity index (χ1v) is 11.4. The fourth-order valence-corrected chi connectivity index (χ4v) is 4.81. The molecule has 0 saturated carbocycles. The summed E-state index contributed by atoms with van der Waals surface area (Å²) >= 11 is 0. The highest BCUT2D eigenvalue weighted by Crippen LogP contribution is 2.40. The predicted octanol–water partition coefficient (Wildman–Crippen LogP) is 3.00. The van der Waals surface area contributed by atoms with Gasteiger partial charge in [0, 0.05) is 26.2 Å². The Kier molecular flexibility index (Phi) is 6.02. The molecule has 0 N–H and O–H groups in total. The topological polar surface area (TPSA) is 81.5 Å². The fraction of sp³-hybridized carbons (Fsp3) is 0.385. The summed E-state index contributed by atoms with van der Waals surface area (Å²) in [4.78, 5) is 31.3. The lowest BCUT2D eigenvalue weighted by atomic mass is 9.97. The van der Waals surface area contributed by atoms with E-state index in [1.54, 1.807) is 31.3 Å². The lowest BCUT2D eigenvalue weighted by Gasteiger charge is -2.31. The van der Waals surface area contributed by atoms with E-state index in [0.717, 1.165) is 24.2 Å². The third-order valence-electron chi connectivity index (χ3n) is 6.61. The molecule has 2 aliphatic rings. The first-order chi connectivity index (χ1) is 16.5. The van der Waals surface area contributed by atoms with Gasteiger partial charge in [-0.15, -0.1) is 0 Å². The number of fused-ring (bicyclic) bond motifs is 2. The lowest BCUT2D eigenvalue weighted by molar-refractivity contribution is 0.0314. The molecule has 0 unspecified atom stereocenters. The van der Waals surface area contributed by atoms with E-state index in [4.69, 9.17) is 18.6 Å². The Morgan fingerprint density at radius 3 is 2.47 bits per heavy atom. The molecule has 1 atom stereocenters. The monoisotopic (exact) mass is 464 g/mol. The third kappa shape index (κ3) is 3.82. The summed E-state index contributed by atoms with van der Waals surface area (Å²) in [6.45, 7) is 6.05. The number of amides is 1. The Balaban J connectivity index is 1.63. The van der Waals surface area contributed by atoms with E-state index in [9.17, 15) is 9.59 Å². The van der Waals surface area contributed by atoms with Crippen molar-refractivity contribution >= 4 is 16.9 Å². The molecule has 1 aromatic heterocycles. The van der Waals surface area contributed by atoms with Gasteiger partial charge in [-0.1, -0.05) is 17.7 Å². The van der Waals surface area contributed by atoms with Crippen LogP contribution in [0.25, 0.3) is 11.0 Å². The van der Waals surface area contributed by atoms with Gasteiger partial charge in [0.15, 0.2) is 16.9 Å². The number of benzene rings is 2. The molecule has 178 valence electrons. The van der Waals surface area contributed by atoms with Crippen LogP contribution in [-0.4, -0.2) is 69.3 Å². The second kappa shape index (κ2) is 9.12. The van der Waals surface area contributed by atoms with Crippen LogP contribution in [0.2, 0.25) is 0 Å². The molecule has 1 saturated heterocycles. The van der Waals surface area contributed by atoms with Crippen LogP contribution < -0.4 is 14.9 Å². The Morgan fingerprint density at radius 2 is 1.74 bits per heavy atom. The van der Waals surface area contributed by atoms with E-state index in [-0.39, 0.29) is 17.1 Å². The second-order valence-electron chi connectivity index (χ2n) is 8.64. The largest absolute Gasteiger partial charge is 0.493 e. The zero-order valence-corrected chi connectivity index (χ0v) is 19.6. The van der Waals surface area contributed by atoms with Crippen molar-refractivity contribution in [2.24, 2.45) is 0 Å². The lowest BCUT2D eigenvalue weighted by Crippen LogP contribution is -2.42. The second-order valence-corrected chi connectivity index (χ2v) is 8.64. The predicted molar refractivity (Wildman–Crippen MR) is 127 cm³/mol. The molecule has 34 heavy (non-hydrogen) atoms. The molecule has 0 aliphatic carbocycles. The summed E-state index contributed by atoms with van der Waals surface area (Å²) in [5.41, 5.74) is 2.34. The zero-order chi connectivity index (χ0) is 23.8. The number of rotatable bonds is 6. The van der Waals surface area contributed by atoms with Crippen LogP contribution in [0.5, 0.6) is 11.5 Å².